The van der Waals surface area contributed by atoms with Gasteiger partial charge in [0.2, 0.25) is 0 Å². The van der Waals surface area contributed by atoms with E-state index < -0.39 is 0 Å². The lowest BCUT2D eigenvalue weighted by molar-refractivity contribution is 0.560. The van der Waals surface area contributed by atoms with Crippen molar-refractivity contribution in [2.24, 2.45) is 0 Å². The fourth-order valence-electron chi connectivity index (χ4n) is 3.58. The summed E-state index contributed by atoms with van der Waals surface area (Å²) in [6, 6.07) is 31.7. The zero-order valence-electron chi connectivity index (χ0n) is 19.6. The Kier molecular flexibility index (Phi) is 11.6. The molecule has 0 heterocycles. The lowest BCUT2D eigenvalue weighted by Crippen LogP contribution is -2.29. The predicted octanol–water partition coefficient (Wildman–Crippen LogP) is 7.67. The monoisotopic (exact) mass is 456 g/mol. The van der Waals surface area contributed by atoms with Gasteiger partial charge in [-0.3, -0.25) is 4.72 Å². The highest BCUT2D eigenvalue weighted by molar-refractivity contribution is 7.97. The summed E-state index contributed by atoms with van der Waals surface area (Å²) in [6.07, 6.45) is 11.6. The van der Waals surface area contributed by atoms with E-state index in [2.05, 4.69) is 89.8 Å². The summed E-state index contributed by atoms with van der Waals surface area (Å²) in [5.41, 5.74) is 4.21. The lowest BCUT2D eigenvalue weighted by Gasteiger charge is -2.19. The van der Waals surface area contributed by atoms with Crippen LogP contribution in [0.3, 0.4) is 0 Å². The van der Waals surface area contributed by atoms with Crippen LogP contribution in [0.1, 0.15) is 42.9 Å². The molecule has 0 bridgehead atoms. The molecule has 0 fully saturated rings. The minimum atomic E-state index is 0.286. The van der Waals surface area contributed by atoms with Gasteiger partial charge in [0.25, 0.3) is 0 Å². The van der Waals surface area contributed by atoms with Gasteiger partial charge in [-0.05, 0) is 68.8 Å². The summed E-state index contributed by atoms with van der Waals surface area (Å²) in [4.78, 5) is 1.25. The molecule has 0 unspecified atom stereocenters. The molecule has 2 nitrogen and oxygen atoms in total. The highest BCUT2D eigenvalue weighted by Crippen LogP contribution is 2.21. The Labute approximate surface area is 204 Å². The minimum Gasteiger partial charge on any atom is -0.315 e. The molecule has 0 aromatic heterocycles. The van der Waals surface area contributed by atoms with Gasteiger partial charge in [-0.1, -0.05) is 108 Å². The van der Waals surface area contributed by atoms with Crippen molar-refractivity contribution in [2.75, 3.05) is 13.1 Å². The molecule has 0 spiro atoms. The molecule has 1 aliphatic carbocycles. The normalized spacial score (nSPS) is 13.5. The first-order valence-corrected chi connectivity index (χ1v) is 12.7. The van der Waals surface area contributed by atoms with Gasteiger partial charge in [-0.2, -0.15) is 0 Å². The molecule has 33 heavy (non-hydrogen) atoms. The third kappa shape index (κ3) is 10.3. The van der Waals surface area contributed by atoms with Crippen LogP contribution in [0.5, 0.6) is 0 Å². The largest absolute Gasteiger partial charge is 0.315 e. The second-order valence-electron chi connectivity index (χ2n) is 8.23. The van der Waals surface area contributed by atoms with Crippen LogP contribution in [0.15, 0.2) is 120 Å². The third-order valence-electron chi connectivity index (χ3n) is 5.50. The molecular weight excluding hydrogens is 420 g/mol. The maximum Gasteiger partial charge on any atom is 0.0549 e. The summed E-state index contributed by atoms with van der Waals surface area (Å²) < 4.78 is 3.65. The number of hydrogen-bond donors (Lipinski definition) is 2. The summed E-state index contributed by atoms with van der Waals surface area (Å²) in [5.74, 6) is 0. The summed E-state index contributed by atoms with van der Waals surface area (Å²) in [7, 11) is 0. The van der Waals surface area contributed by atoms with Crippen LogP contribution in [-0.4, -0.2) is 13.1 Å². The minimum absolute atomic E-state index is 0.286. The second kappa shape index (κ2) is 15.3. The summed E-state index contributed by atoms with van der Waals surface area (Å²) in [5, 5.41) is 3.65. The van der Waals surface area contributed by atoms with Crippen molar-refractivity contribution < 1.29 is 0 Å². The van der Waals surface area contributed by atoms with E-state index in [0.717, 1.165) is 25.9 Å². The van der Waals surface area contributed by atoms with Crippen molar-refractivity contribution in [1.29, 1.82) is 0 Å². The standard InChI is InChI=1S/C24H30N2S.C6H6/c1-20-14-16-23(17-15-20)27-26-24(22-12-6-3-7-13-22)19-25-18-8-11-21-9-4-2-5-10-21;1-2-4-6-5-3-1/h2-4,6-7,10,12-17,24-26H,5,8-9,11,18-19H2,1H3;1-6H/t24-;/m0./s1. The molecule has 172 valence electrons. The zero-order valence-corrected chi connectivity index (χ0v) is 20.4. The van der Waals surface area contributed by atoms with Crippen molar-refractivity contribution in [2.45, 2.75) is 43.5 Å². The number of allylic oxidation sites excluding steroid dienone is 4. The molecule has 3 heteroatoms. The average molecular weight is 457 g/mol. The van der Waals surface area contributed by atoms with Gasteiger partial charge in [0.15, 0.2) is 0 Å². The molecule has 2 N–H and O–H groups in total. The van der Waals surface area contributed by atoms with Gasteiger partial charge in [-0.25, -0.2) is 0 Å². The zero-order chi connectivity index (χ0) is 23.0. The Morgan fingerprint density at radius 1 is 0.818 bits per heavy atom. The average Bonchev–Trinajstić information content (AvgIpc) is 2.89. The van der Waals surface area contributed by atoms with Gasteiger partial charge in [-0.15, -0.1) is 0 Å². The molecule has 4 rings (SSSR count). The van der Waals surface area contributed by atoms with Crippen LogP contribution in [0.2, 0.25) is 0 Å². The molecule has 3 aromatic rings. The lowest BCUT2D eigenvalue weighted by atomic mass is 10.0. The first kappa shape index (κ1) is 25.0. The van der Waals surface area contributed by atoms with Gasteiger partial charge in [0.1, 0.15) is 0 Å². The Hall–Kier alpha value is -2.59. The topological polar surface area (TPSA) is 24.1 Å². The molecule has 0 saturated carbocycles. The molecule has 0 aliphatic heterocycles. The highest BCUT2D eigenvalue weighted by Gasteiger charge is 2.11. The van der Waals surface area contributed by atoms with Gasteiger partial charge < -0.3 is 5.32 Å². The molecule has 0 saturated heterocycles. The van der Waals surface area contributed by atoms with Gasteiger partial charge in [0.05, 0.1) is 6.04 Å². The SMILES string of the molecule is Cc1ccc(SN[C@@H](CNCCCC2=CCC=CC2)c2ccccc2)cc1.c1ccccc1. The quantitative estimate of drug-likeness (QED) is 0.186. The first-order valence-electron chi connectivity index (χ1n) is 11.9. The molecule has 0 radical (unpaired) electrons. The van der Waals surface area contributed by atoms with Crippen LogP contribution in [-0.2, 0) is 0 Å². The van der Waals surface area contributed by atoms with E-state index in [4.69, 9.17) is 0 Å². The fraction of sp³-hybridized carbons (Fsp3) is 0.267. The highest BCUT2D eigenvalue weighted by atomic mass is 32.2. The number of nitrogens with one attached hydrogen (secondary N) is 2. The number of rotatable bonds is 10. The van der Waals surface area contributed by atoms with Crippen molar-refractivity contribution in [3.8, 4) is 0 Å². The fourth-order valence-corrected chi connectivity index (χ4v) is 4.35. The molecule has 1 aliphatic rings. The van der Waals surface area contributed by atoms with Crippen LogP contribution < -0.4 is 10.0 Å². The Bertz CT molecular complexity index is 923. The third-order valence-corrected chi connectivity index (χ3v) is 6.41. The maximum absolute atomic E-state index is 3.65. The first-order chi connectivity index (χ1) is 16.3. The van der Waals surface area contributed by atoms with Crippen molar-refractivity contribution >= 4 is 11.9 Å². The summed E-state index contributed by atoms with van der Waals surface area (Å²) >= 11 is 1.71. The number of benzene rings is 3. The number of aryl methyl sites for hydroxylation is 1. The van der Waals surface area contributed by atoms with Crippen molar-refractivity contribution in [3.05, 3.63) is 126 Å². The predicted molar refractivity (Wildman–Crippen MR) is 144 cm³/mol. The van der Waals surface area contributed by atoms with E-state index in [0.29, 0.717) is 0 Å². The van der Waals surface area contributed by atoms with E-state index in [1.165, 1.54) is 28.9 Å². The smallest absolute Gasteiger partial charge is 0.0549 e. The maximum atomic E-state index is 3.65. The van der Waals surface area contributed by atoms with Gasteiger partial charge in [0, 0.05) is 11.4 Å². The van der Waals surface area contributed by atoms with E-state index in [-0.39, 0.29) is 6.04 Å². The Morgan fingerprint density at radius 3 is 2.12 bits per heavy atom. The molecule has 3 aromatic carbocycles. The van der Waals surface area contributed by atoms with Crippen LogP contribution in [0, 0.1) is 6.92 Å². The Balaban J connectivity index is 0.000000442. The van der Waals surface area contributed by atoms with E-state index in [1.807, 2.05) is 36.4 Å². The van der Waals surface area contributed by atoms with Crippen LogP contribution >= 0.6 is 11.9 Å². The Morgan fingerprint density at radius 2 is 1.48 bits per heavy atom. The second-order valence-corrected chi connectivity index (χ2v) is 9.14. The summed E-state index contributed by atoms with van der Waals surface area (Å²) in [6.45, 7) is 4.11. The van der Waals surface area contributed by atoms with Crippen LogP contribution in [0.25, 0.3) is 0 Å². The van der Waals surface area contributed by atoms with E-state index >= 15 is 0 Å². The van der Waals surface area contributed by atoms with Crippen molar-refractivity contribution in [3.63, 3.8) is 0 Å². The molecule has 1 atom stereocenters. The van der Waals surface area contributed by atoms with Gasteiger partial charge >= 0.3 is 0 Å². The van der Waals surface area contributed by atoms with E-state index in [1.54, 1.807) is 17.5 Å². The van der Waals surface area contributed by atoms with E-state index in [9.17, 15) is 0 Å². The number of hydrogen-bond acceptors (Lipinski definition) is 3. The van der Waals surface area contributed by atoms with Crippen LogP contribution in [0.4, 0.5) is 0 Å². The van der Waals surface area contributed by atoms with Crippen molar-refractivity contribution in [1.82, 2.24) is 10.0 Å². The molecule has 0 amide bonds. The molecular formula is C30H36N2S.